The zero-order valence-corrected chi connectivity index (χ0v) is 14.4. The Hall–Kier alpha value is -2.49. The van der Waals surface area contributed by atoms with Crippen LogP contribution in [0.2, 0.25) is 0 Å². The zero-order chi connectivity index (χ0) is 17.9. The average Bonchev–Trinajstić information content (AvgIpc) is 2.64. The molecule has 0 aliphatic heterocycles. The van der Waals surface area contributed by atoms with Gasteiger partial charge in [0, 0.05) is 7.11 Å². The van der Waals surface area contributed by atoms with Gasteiger partial charge in [0.25, 0.3) is 0 Å². The van der Waals surface area contributed by atoms with Crippen LogP contribution >= 0.6 is 0 Å². The van der Waals surface area contributed by atoms with Crippen LogP contribution in [0.15, 0.2) is 85.0 Å². The molecule has 0 radical (unpaired) electrons. The van der Waals surface area contributed by atoms with E-state index in [-0.39, 0.29) is 5.78 Å². The third-order valence-electron chi connectivity index (χ3n) is 4.87. The van der Waals surface area contributed by atoms with Gasteiger partial charge < -0.3 is 9.84 Å². The van der Waals surface area contributed by atoms with Crippen molar-refractivity contribution in [3.63, 3.8) is 0 Å². The van der Waals surface area contributed by atoms with E-state index in [0.29, 0.717) is 0 Å². The number of carbonyl (C=O) groups excluding carboxylic acids is 1. The molecular formula is C22H22O3. The van der Waals surface area contributed by atoms with Gasteiger partial charge in [0.05, 0.1) is 0 Å². The van der Waals surface area contributed by atoms with E-state index < -0.39 is 17.1 Å². The highest BCUT2D eigenvalue weighted by molar-refractivity contribution is 5.98. The SMILES string of the molecule is COC(C(=O)C1(c2ccccc2)C=CC=CC1(C)O)c1ccccc1. The Morgan fingerprint density at radius 3 is 2.08 bits per heavy atom. The number of Topliss-reactive ketones (excluding diaryl/α,β-unsaturated/α-hetero) is 1. The van der Waals surface area contributed by atoms with Gasteiger partial charge in [-0.15, -0.1) is 0 Å². The third-order valence-corrected chi connectivity index (χ3v) is 4.87. The Kier molecular flexibility index (Phi) is 4.71. The van der Waals surface area contributed by atoms with E-state index in [2.05, 4.69) is 0 Å². The number of aliphatic hydroxyl groups is 1. The van der Waals surface area contributed by atoms with Gasteiger partial charge in [-0.25, -0.2) is 0 Å². The van der Waals surface area contributed by atoms with E-state index in [1.54, 1.807) is 31.2 Å². The van der Waals surface area contributed by atoms with Crippen molar-refractivity contribution in [3.05, 3.63) is 96.1 Å². The summed E-state index contributed by atoms with van der Waals surface area (Å²) in [5.74, 6) is -0.196. The summed E-state index contributed by atoms with van der Waals surface area (Å²) in [7, 11) is 1.52. The molecule has 0 spiro atoms. The average molecular weight is 334 g/mol. The van der Waals surface area contributed by atoms with Crippen LogP contribution in [-0.2, 0) is 14.9 Å². The molecule has 3 heteroatoms. The number of hydrogen-bond acceptors (Lipinski definition) is 3. The van der Waals surface area contributed by atoms with Gasteiger partial charge in [-0.05, 0) is 18.1 Å². The molecule has 1 aliphatic rings. The van der Waals surface area contributed by atoms with Gasteiger partial charge in [-0.1, -0.05) is 85.0 Å². The smallest absolute Gasteiger partial charge is 0.183 e. The van der Waals surface area contributed by atoms with Crippen LogP contribution in [0, 0.1) is 0 Å². The van der Waals surface area contributed by atoms with Crippen LogP contribution < -0.4 is 0 Å². The first-order chi connectivity index (χ1) is 12.0. The van der Waals surface area contributed by atoms with Crippen molar-refractivity contribution in [2.24, 2.45) is 0 Å². The van der Waals surface area contributed by atoms with Gasteiger partial charge in [0.2, 0.25) is 0 Å². The van der Waals surface area contributed by atoms with Crippen molar-refractivity contribution in [2.75, 3.05) is 7.11 Å². The summed E-state index contributed by atoms with van der Waals surface area (Å²) in [6.45, 7) is 1.66. The van der Waals surface area contributed by atoms with Gasteiger partial charge in [0.1, 0.15) is 17.1 Å². The molecule has 3 atom stereocenters. The fraction of sp³-hybridized carbons (Fsp3) is 0.227. The summed E-state index contributed by atoms with van der Waals surface area (Å²) < 4.78 is 5.57. The summed E-state index contributed by atoms with van der Waals surface area (Å²) in [6, 6.07) is 18.7. The maximum absolute atomic E-state index is 13.7. The van der Waals surface area contributed by atoms with E-state index in [1.807, 2.05) is 60.7 Å². The van der Waals surface area contributed by atoms with E-state index in [1.165, 1.54) is 7.11 Å². The number of carbonyl (C=O) groups is 1. The van der Waals surface area contributed by atoms with Gasteiger partial charge >= 0.3 is 0 Å². The molecule has 128 valence electrons. The predicted octanol–water partition coefficient (Wildman–Crippen LogP) is 3.76. The van der Waals surface area contributed by atoms with Gasteiger partial charge in [-0.3, -0.25) is 4.79 Å². The van der Waals surface area contributed by atoms with Crippen molar-refractivity contribution in [1.82, 2.24) is 0 Å². The minimum Gasteiger partial charge on any atom is -0.384 e. The molecule has 25 heavy (non-hydrogen) atoms. The second-order valence-corrected chi connectivity index (χ2v) is 6.43. The number of ketones is 1. The lowest BCUT2D eigenvalue weighted by molar-refractivity contribution is -0.140. The maximum Gasteiger partial charge on any atom is 0.183 e. The number of rotatable bonds is 5. The summed E-state index contributed by atoms with van der Waals surface area (Å²) in [4.78, 5) is 13.7. The second-order valence-electron chi connectivity index (χ2n) is 6.43. The van der Waals surface area contributed by atoms with Crippen LogP contribution in [0.1, 0.15) is 24.2 Å². The molecule has 0 aromatic heterocycles. The van der Waals surface area contributed by atoms with E-state index >= 15 is 0 Å². The maximum atomic E-state index is 13.7. The molecular weight excluding hydrogens is 312 g/mol. The van der Waals surface area contributed by atoms with Crippen molar-refractivity contribution >= 4 is 5.78 Å². The number of ether oxygens (including phenoxy) is 1. The number of methoxy groups -OCH3 is 1. The molecule has 1 N–H and O–H groups in total. The quantitative estimate of drug-likeness (QED) is 0.906. The van der Waals surface area contributed by atoms with Crippen molar-refractivity contribution < 1.29 is 14.6 Å². The summed E-state index contributed by atoms with van der Waals surface area (Å²) in [5, 5.41) is 11.2. The third kappa shape index (κ3) is 2.86. The lowest BCUT2D eigenvalue weighted by Gasteiger charge is -2.44. The Labute approximate surface area is 148 Å². The number of hydrogen-bond donors (Lipinski definition) is 1. The minimum atomic E-state index is -1.37. The highest BCUT2D eigenvalue weighted by Crippen LogP contribution is 2.44. The fourth-order valence-electron chi connectivity index (χ4n) is 3.54. The molecule has 3 nitrogen and oxygen atoms in total. The molecule has 2 aromatic rings. The molecule has 3 unspecified atom stereocenters. The van der Waals surface area contributed by atoms with Gasteiger partial charge in [0.15, 0.2) is 5.78 Å². The highest BCUT2D eigenvalue weighted by atomic mass is 16.5. The Bertz CT molecular complexity index is 791. The highest BCUT2D eigenvalue weighted by Gasteiger charge is 2.54. The lowest BCUT2D eigenvalue weighted by Crippen LogP contribution is -2.55. The molecule has 2 aromatic carbocycles. The molecule has 1 aliphatic carbocycles. The first-order valence-corrected chi connectivity index (χ1v) is 8.30. The molecule has 0 amide bonds. The van der Waals surface area contributed by atoms with Crippen LogP contribution in [0.3, 0.4) is 0 Å². The summed E-state index contributed by atoms with van der Waals surface area (Å²) >= 11 is 0. The van der Waals surface area contributed by atoms with E-state index in [0.717, 1.165) is 11.1 Å². The van der Waals surface area contributed by atoms with Crippen molar-refractivity contribution in [3.8, 4) is 0 Å². The van der Waals surface area contributed by atoms with Crippen molar-refractivity contribution in [2.45, 2.75) is 24.0 Å². The molecule has 3 rings (SSSR count). The first kappa shape index (κ1) is 17.3. The molecule has 0 saturated carbocycles. The van der Waals surface area contributed by atoms with Gasteiger partial charge in [-0.2, -0.15) is 0 Å². The second kappa shape index (κ2) is 6.79. The monoisotopic (exact) mass is 334 g/mol. The Morgan fingerprint density at radius 2 is 1.52 bits per heavy atom. The zero-order valence-electron chi connectivity index (χ0n) is 14.4. The first-order valence-electron chi connectivity index (χ1n) is 8.30. The Morgan fingerprint density at radius 1 is 0.960 bits per heavy atom. The summed E-state index contributed by atoms with van der Waals surface area (Å²) in [5.41, 5.74) is -1.08. The standard InChI is InChI=1S/C22H22O3/c1-21(24)15-9-10-16-22(21,18-13-7-4-8-14-18)20(23)19(25-2)17-11-5-3-6-12-17/h3-16,19,24H,1-2H3. The van der Waals surface area contributed by atoms with E-state index in [9.17, 15) is 9.90 Å². The normalized spacial score (nSPS) is 26.4. The van der Waals surface area contributed by atoms with Crippen LogP contribution in [0.4, 0.5) is 0 Å². The predicted molar refractivity (Wildman–Crippen MR) is 98.2 cm³/mol. The van der Waals surface area contributed by atoms with E-state index in [4.69, 9.17) is 4.74 Å². The molecule has 0 saturated heterocycles. The lowest BCUT2D eigenvalue weighted by atomic mass is 9.62. The molecule has 0 heterocycles. The number of allylic oxidation sites excluding steroid dienone is 2. The molecule has 0 bridgehead atoms. The van der Waals surface area contributed by atoms with Crippen molar-refractivity contribution in [1.29, 1.82) is 0 Å². The van der Waals surface area contributed by atoms with Crippen LogP contribution in [-0.4, -0.2) is 23.6 Å². The van der Waals surface area contributed by atoms with Crippen LogP contribution in [0.25, 0.3) is 0 Å². The summed E-state index contributed by atoms with van der Waals surface area (Å²) in [6.07, 6.45) is 6.23. The number of benzene rings is 2. The fourth-order valence-corrected chi connectivity index (χ4v) is 3.54. The largest absolute Gasteiger partial charge is 0.384 e. The Balaban J connectivity index is 2.17. The minimum absolute atomic E-state index is 0.196. The topological polar surface area (TPSA) is 46.5 Å². The van der Waals surface area contributed by atoms with Crippen LogP contribution in [0.5, 0.6) is 0 Å². The molecule has 0 fully saturated rings.